The number of aliphatic hydroxyl groups excluding tert-OH is 1. The first-order valence-electron chi connectivity index (χ1n) is 11.8. The molecule has 0 radical (unpaired) electrons. The van der Waals surface area contributed by atoms with Crippen LogP contribution >= 0.6 is 0 Å². The number of nitro benzene ring substituents is 1. The quantitative estimate of drug-likeness (QED) is 0.122. The van der Waals surface area contributed by atoms with Gasteiger partial charge in [-0.2, -0.15) is 0 Å². The fourth-order valence-electron chi connectivity index (χ4n) is 4.40. The van der Waals surface area contributed by atoms with Crippen LogP contribution < -0.4 is 4.90 Å². The molecule has 4 rings (SSSR count). The van der Waals surface area contributed by atoms with Crippen molar-refractivity contribution in [1.29, 1.82) is 0 Å². The van der Waals surface area contributed by atoms with Gasteiger partial charge < -0.3 is 9.84 Å². The van der Waals surface area contributed by atoms with E-state index in [0.29, 0.717) is 5.56 Å². The lowest BCUT2D eigenvalue weighted by Gasteiger charge is -2.27. The zero-order valence-corrected chi connectivity index (χ0v) is 21.3. The van der Waals surface area contributed by atoms with Crippen molar-refractivity contribution in [1.82, 2.24) is 0 Å². The number of hydrogen-bond donors (Lipinski definition) is 1. The Morgan fingerprint density at radius 1 is 0.974 bits per heavy atom. The molecule has 1 atom stereocenters. The van der Waals surface area contributed by atoms with Gasteiger partial charge in [-0.15, -0.1) is 0 Å². The van der Waals surface area contributed by atoms with Crippen molar-refractivity contribution in [3.63, 3.8) is 0 Å². The molecule has 1 saturated heterocycles. The lowest BCUT2D eigenvalue weighted by molar-refractivity contribution is -0.384. The van der Waals surface area contributed by atoms with Crippen LogP contribution in [0.1, 0.15) is 53.9 Å². The molecule has 1 aliphatic heterocycles. The SMILES string of the molecule is COC(=O)c1cccc(N2C(=O)C(=O)/C(=C(\O)c3cccc([N+](=O)[O-])c3)C2c2ccc(C(C)(C)C)cc2)c1. The highest BCUT2D eigenvalue weighted by Gasteiger charge is 2.47. The summed E-state index contributed by atoms with van der Waals surface area (Å²) >= 11 is 0. The number of anilines is 1. The average molecular weight is 515 g/mol. The van der Waals surface area contributed by atoms with Gasteiger partial charge >= 0.3 is 5.97 Å². The van der Waals surface area contributed by atoms with E-state index < -0.39 is 34.4 Å². The summed E-state index contributed by atoms with van der Waals surface area (Å²) in [6, 6.07) is 17.5. The number of ether oxygens (including phenoxy) is 1. The van der Waals surface area contributed by atoms with Crippen LogP contribution in [-0.4, -0.2) is 34.8 Å². The Morgan fingerprint density at radius 3 is 2.21 bits per heavy atom. The lowest BCUT2D eigenvalue weighted by atomic mass is 9.85. The first-order valence-corrected chi connectivity index (χ1v) is 11.8. The van der Waals surface area contributed by atoms with Crippen LogP contribution in [0, 0.1) is 10.1 Å². The Balaban J connectivity index is 1.95. The minimum atomic E-state index is -1.06. The van der Waals surface area contributed by atoms with Gasteiger partial charge in [0.2, 0.25) is 0 Å². The number of nitro groups is 1. The van der Waals surface area contributed by atoms with Crippen LogP contribution in [0.15, 0.2) is 78.4 Å². The minimum Gasteiger partial charge on any atom is -0.507 e. The summed E-state index contributed by atoms with van der Waals surface area (Å²) in [5.41, 5.74) is 1.35. The monoisotopic (exact) mass is 514 g/mol. The summed E-state index contributed by atoms with van der Waals surface area (Å²) in [5, 5.41) is 22.6. The Morgan fingerprint density at radius 2 is 1.61 bits per heavy atom. The number of hydrogen-bond acceptors (Lipinski definition) is 7. The van der Waals surface area contributed by atoms with Gasteiger partial charge in [-0.3, -0.25) is 24.6 Å². The number of nitrogens with zero attached hydrogens (tertiary/aromatic N) is 2. The van der Waals surface area contributed by atoms with E-state index in [0.717, 1.165) is 11.6 Å². The van der Waals surface area contributed by atoms with Crippen LogP contribution in [0.3, 0.4) is 0 Å². The Hall–Kier alpha value is -4.79. The number of carbonyl (C=O) groups is 3. The van der Waals surface area contributed by atoms with E-state index in [4.69, 9.17) is 4.74 Å². The molecule has 0 bridgehead atoms. The number of amides is 1. The molecule has 1 amide bonds. The van der Waals surface area contributed by atoms with Crippen LogP contribution in [0.25, 0.3) is 5.76 Å². The number of methoxy groups -OCH3 is 1. The predicted molar refractivity (Wildman–Crippen MR) is 141 cm³/mol. The zero-order chi connectivity index (χ0) is 27.8. The molecule has 0 spiro atoms. The molecule has 1 unspecified atom stereocenters. The number of ketones is 1. The Labute approximate surface area is 219 Å². The van der Waals surface area contributed by atoms with E-state index in [-0.39, 0.29) is 33.5 Å². The van der Waals surface area contributed by atoms with Crippen molar-refractivity contribution in [3.8, 4) is 0 Å². The van der Waals surface area contributed by atoms with Crippen molar-refractivity contribution in [2.24, 2.45) is 0 Å². The molecule has 194 valence electrons. The molecule has 1 N–H and O–H groups in total. The third-order valence-electron chi connectivity index (χ3n) is 6.41. The number of benzene rings is 3. The van der Waals surface area contributed by atoms with Gasteiger partial charge in [0.25, 0.3) is 17.4 Å². The van der Waals surface area contributed by atoms with E-state index in [2.05, 4.69) is 20.8 Å². The molecular formula is C29H26N2O7. The minimum absolute atomic E-state index is 0.0248. The highest BCUT2D eigenvalue weighted by Crippen LogP contribution is 2.43. The second-order valence-corrected chi connectivity index (χ2v) is 9.89. The average Bonchev–Trinajstić information content (AvgIpc) is 3.17. The Kier molecular flexibility index (Phi) is 6.87. The highest BCUT2D eigenvalue weighted by molar-refractivity contribution is 6.51. The number of rotatable bonds is 5. The maximum Gasteiger partial charge on any atom is 0.337 e. The second kappa shape index (κ2) is 9.93. The zero-order valence-electron chi connectivity index (χ0n) is 21.3. The second-order valence-electron chi connectivity index (χ2n) is 9.89. The van der Waals surface area contributed by atoms with Crippen molar-refractivity contribution in [3.05, 3.63) is 111 Å². The van der Waals surface area contributed by atoms with E-state index >= 15 is 0 Å². The normalized spacial score (nSPS) is 16.9. The van der Waals surface area contributed by atoms with Crippen LogP contribution in [-0.2, 0) is 19.7 Å². The molecule has 1 aliphatic rings. The summed E-state index contributed by atoms with van der Waals surface area (Å²) in [5.74, 6) is -3.03. The van der Waals surface area contributed by atoms with E-state index in [9.17, 15) is 29.6 Å². The fraction of sp³-hybridized carbons (Fsp3) is 0.207. The van der Waals surface area contributed by atoms with Gasteiger partial charge in [0, 0.05) is 23.4 Å². The van der Waals surface area contributed by atoms with Crippen molar-refractivity contribution in [2.45, 2.75) is 32.2 Å². The number of carbonyl (C=O) groups excluding carboxylic acids is 3. The number of esters is 1. The summed E-state index contributed by atoms with van der Waals surface area (Å²) in [4.78, 5) is 50.8. The van der Waals surface area contributed by atoms with Gasteiger partial charge in [0.15, 0.2) is 0 Å². The van der Waals surface area contributed by atoms with Crippen molar-refractivity contribution in [2.75, 3.05) is 12.0 Å². The first kappa shape index (κ1) is 26.3. The number of aliphatic hydroxyl groups is 1. The molecule has 3 aromatic carbocycles. The van der Waals surface area contributed by atoms with Crippen molar-refractivity contribution >= 4 is 34.8 Å². The summed E-state index contributed by atoms with van der Waals surface area (Å²) in [6.45, 7) is 6.15. The predicted octanol–water partition coefficient (Wildman–Crippen LogP) is 5.31. The number of Topliss-reactive ketones (excluding diaryl/α,β-unsaturated/α-hetero) is 1. The first-order chi connectivity index (χ1) is 17.9. The smallest absolute Gasteiger partial charge is 0.337 e. The largest absolute Gasteiger partial charge is 0.507 e. The topological polar surface area (TPSA) is 127 Å². The third kappa shape index (κ3) is 4.78. The number of non-ortho nitro benzene ring substituents is 1. The third-order valence-corrected chi connectivity index (χ3v) is 6.41. The van der Waals surface area contributed by atoms with E-state index in [1.165, 1.54) is 42.3 Å². The summed E-state index contributed by atoms with van der Waals surface area (Å²) < 4.78 is 4.79. The molecule has 1 fully saturated rings. The summed E-state index contributed by atoms with van der Waals surface area (Å²) in [6.07, 6.45) is 0. The van der Waals surface area contributed by atoms with Gasteiger partial charge in [0.1, 0.15) is 5.76 Å². The lowest BCUT2D eigenvalue weighted by Crippen LogP contribution is -2.29. The Bertz CT molecular complexity index is 1480. The molecule has 1 heterocycles. The van der Waals surface area contributed by atoms with Crippen LogP contribution in [0.2, 0.25) is 0 Å². The van der Waals surface area contributed by atoms with E-state index in [1.807, 2.05) is 12.1 Å². The summed E-state index contributed by atoms with van der Waals surface area (Å²) in [7, 11) is 1.23. The van der Waals surface area contributed by atoms with Crippen LogP contribution in [0.5, 0.6) is 0 Å². The maximum atomic E-state index is 13.4. The molecule has 0 aliphatic carbocycles. The van der Waals surface area contributed by atoms with Gasteiger partial charge in [0.05, 0.1) is 29.2 Å². The molecule has 9 nitrogen and oxygen atoms in total. The van der Waals surface area contributed by atoms with Gasteiger partial charge in [-0.25, -0.2) is 4.79 Å². The van der Waals surface area contributed by atoms with Gasteiger partial charge in [-0.05, 0) is 34.7 Å². The highest BCUT2D eigenvalue weighted by atomic mass is 16.6. The van der Waals surface area contributed by atoms with Crippen molar-refractivity contribution < 1.29 is 29.2 Å². The molecule has 9 heteroatoms. The fourth-order valence-corrected chi connectivity index (χ4v) is 4.40. The molecule has 38 heavy (non-hydrogen) atoms. The maximum absolute atomic E-state index is 13.4. The molecule has 0 aromatic heterocycles. The molecule has 3 aromatic rings. The molecular weight excluding hydrogens is 488 g/mol. The van der Waals surface area contributed by atoms with E-state index in [1.54, 1.807) is 24.3 Å². The van der Waals surface area contributed by atoms with Gasteiger partial charge in [-0.1, -0.05) is 63.2 Å². The molecule has 0 saturated carbocycles. The standard InChI is InChI=1S/C29H26N2O7/c1-29(2,3)20-13-11-17(12-14-20)24-23(25(32)18-7-5-10-22(15-18)31(36)37)26(33)27(34)30(24)21-9-6-8-19(16-21)28(35)38-4/h5-16,24,32H,1-4H3/b25-23-. The van der Waals surface area contributed by atoms with Crippen LogP contribution in [0.4, 0.5) is 11.4 Å².